The van der Waals surface area contributed by atoms with Crippen LogP contribution in [0.2, 0.25) is 0 Å². The van der Waals surface area contributed by atoms with Gasteiger partial charge >= 0.3 is 0 Å². The normalized spacial score (nSPS) is 16.5. The summed E-state index contributed by atoms with van der Waals surface area (Å²) < 4.78 is 10.9. The van der Waals surface area contributed by atoms with E-state index in [2.05, 4.69) is 0 Å². The lowest BCUT2D eigenvalue weighted by Gasteiger charge is -2.33. The van der Waals surface area contributed by atoms with E-state index in [1.165, 1.54) is 0 Å². The Morgan fingerprint density at radius 1 is 1.25 bits per heavy atom. The Morgan fingerprint density at radius 2 is 2.04 bits per heavy atom. The standard InChI is InChI=1S/C18H20N2O4/c1-13-18(22)20(15-7-3-4-8-16(15)24-13)10-9-17(21)19(2)12-14-6-5-11-23-14/h3-8,11,13H,9-10,12H2,1-2H3/t13-/m0/s1. The van der Waals surface area contributed by atoms with E-state index in [0.717, 1.165) is 5.76 Å². The Hall–Kier alpha value is -2.76. The highest BCUT2D eigenvalue weighted by atomic mass is 16.5. The molecule has 1 aromatic heterocycles. The first-order valence-corrected chi connectivity index (χ1v) is 7.89. The van der Waals surface area contributed by atoms with Crippen LogP contribution in [0.25, 0.3) is 0 Å². The number of hydrogen-bond acceptors (Lipinski definition) is 4. The summed E-state index contributed by atoms with van der Waals surface area (Å²) in [6.07, 6.45) is 1.28. The zero-order valence-corrected chi connectivity index (χ0v) is 13.8. The highest BCUT2D eigenvalue weighted by Crippen LogP contribution is 2.33. The minimum Gasteiger partial charge on any atom is -0.479 e. The lowest BCUT2D eigenvalue weighted by molar-refractivity contribution is -0.130. The molecule has 0 bridgehead atoms. The average Bonchev–Trinajstić information content (AvgIpc) is 3.08. The van der Waals surface area contributed by atoms with E-state index in [4.69, 9.17) is 9.15 Å². The molecule has 0 N–H and O–H groups in total. The fourth-order valence-corrected chi connectivity index (χ4v) is 2.71. The van der Waals surface area contributed by atoms with Gasteiger partial charge in [0.05, 0.1) is 18.5 Å². The van der Waals surface area contributed by atoms with Crippen LogP contribution in [-0.2, 0) is 16.1 Å². The average molecular weight is 328 g/mol. The molecular formula is C18H20N2O4. The second-order valence-corrected chi connectivity index (χ2v) is 5.80. The van der Waals surface area contributed by atoms with Gasteiger partial charge in [0, 0.05) is 20.0 Å². The van der Waals surface area contributed by atoms with Crippen LogP contribution in [0.15, 0.2) is 47.1 Å². The predicted octanol–water partition coefficient (Wildman–Crippen LogP) is 2.44. The SMILES string of the molecule is C[C@@H]1Oc2ccccc2N(CCC(=O)N(C)Cc2ccco2)C1=O. The van der Waals surface area contributed by atoms with Crippen LogP contribution in [0.3, 0.4) is 0 Å². The van der Waals surface area contributed by atoms with E-state index < -0.39 is 6.10 Å². The van der Waals surface area contributed by atoms with Crippen molar-refractivity contribution in [2.45, 2.75) is 26.0 Å². The molecular weight excluding hydrogens is 308 g/mol. The van der Waals surface area contributed by atoms with E-state index >= 15 is 0 Å². The van der Waals surface area contributed by atoms with Crippen molar-refractivity contribution >= 4 is 17.5 Å². The van der Waals surface area contributed by atoms with Crippen molar-refractivity contribution in [3.63, 3.8) is 0 Å². The Bertz CT molecular complexity index is 726. The Labute approximate surface area is 140 Å². The van der Waals surface area contributed by atoms with Crippen LogP contribution >= 0.6 is 0 Å². The van der Waals surface area contributed by atoms with Gasteiger partial charge in [-0.15, -0.1) is 0 Å². The molecule has 0 radical (unpaired) electrons. The summed E-state index contributed by atoms with van der Waals surface area (Å²) in [5.41, 5.74) is 0.710. The topological polar surface area (TPSA) is 63.0 Å². The van der Waals surface area contributed by atoms with Gasteiger partial charge in [0.25, 0.3) is 5.91 Å². The molecule has 126 valence electrons. The molecule has 3 rings (SSSR count). The van der Waals surface area contributed by atoms with Crippen molar-refractivity contribution in [3.8, 4) is 5.75 Å². The Balaban J connectivity index is 1.65. The molecule has 0 spiro atoms. The Morgan fingerprint density at radius 3 is 2.79 bits per heavy atom. The van der Waals surface area contributed by atoms with Gasteiger partial charge in [0.15, 0.2) is 6.10 Å². The number of anilines is 1. The molecule has 1 aliphatic rings. The minimum absolute atomic E-state index is 0.0455. The molecule has 2 heterocycles. The summed E-state index contributed by atoms with van der Waals surface area (Å²) in [4.78, 5) is 27.9. The number of para-hydroxylation sites is 2. The van der Waals surface area contributed by atoms with Crippen molar-refractivity contribution in [2.75, 3.05) is 18.5 Å². The van der Waals surface area contributed by atoms with Gasteiger partial charge in [0.1, 0.15) is 11.5 Å². The highest BCUT2D eigenvalue weighted by Gasteiger charge is 2.31. The monoisotopic (exact) mass is 328 g/mol. The summed E-state index contributed by atoms with van der Waals surface area (Å²) in [5, 5.41) is 0. The summed E-state index contributed by atoms with van der Waals surface area (Å²) in [6.45, 7) is 2.46. The second-order valence-electron chi connectivity index (χ2n) is 5.80. The van der Waals surface area contributed by atoms with E-state index in [1.807, 2.05) is 30.3 Å². The number of hydrogen-bond donors (Lipinski definition) is 0. The molecule has 6 heteroatoms. The molecule has 2 amide bonds. The number of benzene rings is 1. The van der Waals surface area contributed by atoms with Crippen LogP contribution in [0.4, 0.5) is 5.69 Å². The lowest BCUT2D eigenvalue weighted by atomic mass is 10.1. The zero-order valence-electron chi connectivity index (χ0n) is 13.8. The first-order valence-electron chi connectivity index (χ1n) is 7.89. The van der Waals surface area contributed by atoms with Crippen molar-refractivity contribution in [2.24, 2.45) is 0 Å². The number of rotatable bonds is 5. The van der Waals surface area contributed by atoms with Crippen molar-refractivity contribution in [1.82, 2.24) is 4.90 Å². The van der Waals surface area contributed by atoms with E-state index in [0.29, 0.717) is 24.5 Å². The third-order valence-electron chi connectivity index (χ3n) is 4.02. The van der Waals surface area contributed by atoms with E-state index in [1.54, 1.807) is 36.1 Å². The molecule has 24 heavy (non-hydrogen) atoms. The van der Waals surface area contributed by atoms with Crippen LogP contribution in [0, 0.1) is 0 Å². The van der Waals surface area contributed by atoms with Gasteiger partial charge in [-0.05, 0) is 31.2 Å². The summed E-state index contributed by atoms with van der Waals surface area (Å²) in [7, 11) is 1.72. The van der Waals surface area contributed by atoms with Crippen LogP contribution in [-0.4, -0.2) is 36.4 Å². The fourth-order valence-electron chi connectivity index (χ4n) is 2.71. The molecule has 6 nitrogen and oxygen atoms in total. The highest BCUT2D eigenvalue weighted by molar-refractivity contribution is 6.00. The third-order valence-corrected chi connectivity index (χ3v) is 4.02. The summed E-state index contributed by atoms with van der Waals surface area (Å²) in [5.74, 6) is 1.22. The van der Waals surface area contributed by atoms with Gasteiger partial charge in [0.2, 0.25) is 5.91 Å². The smallest absolute Gasteiger partial charge is 0.267 e. The number of ether oxygens (including phenoxy) is 1. The van der Waals surface area contributed by atoms with E-state index in [9.17, 15) is 9.59 Å². The van der Waals surface area contributed by atoms with Gasteiger partial charge in [-0.2, -0.15) is 0 Å². The number of nitrogens with zero attached hydrogens (tertiary/aromatic N) is 2. The Kier molecular flexibility index (Phi) is 4.55. The van der Waals surface area contributed by atoms with Crippen molar-refractivity contribution < 1.29 is 18.7 Å². The first kappa shape index (κ1) is 16.1. The van der Waals surface area contributed by atoms with Crippen LogP contribution in [0.5, 0.6) is 5.75 Å². The van der Waals surface area contributed by atoms with Gasteiger partial charge in [-0.25, -0.2) is 0 Å². The predicted molar refractivity (Wildman–Crippen MR) is 88.7 cm³/mol. The lowest BCUT2D eigenvalue weighted by Crippen LogP contribution is -2.45. The largest absolute Gasteiger partial charge is 0.479 e. The maximum absolute atomic E-state index is 12.4. The number of furan rings is 1. The third kappa shape index (κ3) is 3.27. The van der Waals surface area contributed by atoms with Gasteiger partial charge in [-0.3, -0.25) is 9.59 Å². The molecule has 2 aromatic rings. The summed E-state index contributed by atoms with van der Waals surface area (Å²) >= 11 is 0. The molecule has 0 saturated carbocycles. The molecule has 0 aliphatic carbocycles. The van der Waals surface area contributed by atoms with E-state index in [-0.39, 0.29) is 18.2 Å². The maximum Gasteiger partial charge on any atom is 0.267 e. The number of carbonyl (C=O) groups is 2. The van der Waals surface area contributed by atoms with Crippen molar-refractivity contribution in [1.29, 1.82) is 0 Å². The summed E-state index contributed by atoms with van der Waals surface area (Å²) in [6, 6.07) is 11.0. The van der Waals surface area contributed by atoms with Gasteiger partial charge < -0.3 is 19.0 Å². The number of amides is 2. The number of carbonyl (C=O) groups excluding carboxylic acids is 2. The molecule has 0 fully saturated rings. The quantitative estimate of drug-likeness (QED) is 0.846. The molecule has 1 aliphatic heterocycles. The molecule has 1 atom stereocenters. The zero-order chi connectivity index (χ0) is 17.1. The van der Waals surface area contributed by atoms with Crippen LogP contribution in [0.1, 0.15) is 19.1 Å². The minimum atomic E-state index is -0.546. The molecule has 0 saturated heterocycles. The number of fused-ring (bicyclic) bond motifs is 1. The van der Waals surface area contributed by atoms with Crippen LogP contribution < -0.4 is 9.64 Å². The van der Waals surface area contributed by atoms with Gasteiger partial charge in [-0.1, -0.05) is 12.1 Å². The molecule has 0 unspecified atom stereocenters. The van der Waals surface area contributed by atoms with Crippen molar-refractivity contribution in [3.05, 3.63) is 48.4 Å². The molecule has 1 aromatic carbocycles. The maximum atomic E-state index is 12.4. The second kappa shape index (κ2) is 6.78. The first-order chi connectivity index (χ1) is 11.6. The fraction of sp³-hybridized carbons (Fsp3) is 0.333.